The van der Waals surface area contributed by atoms with Gasteiger partial charge in [-0.3, -0.25) is 0 Å². The first-order valence-corrected chi connectivity index (χ1v) is 8.18. The minimum Gasteiger partial charge on any atom is -0.384 e. The van der Waals surface area contributed by atoms with Crippen molar-refractivity contribution in [2.75, 3.05) is 49.3 Å². The average molecular weight is 297 g/mol. The molecule has 1 saturated heterocycles. The molecule has 2 heterocycles. The molecule has 0 atom stereocenters. The first kappa shape index (κ1) is 15.3. The minimum atomic E-state index is 0.684. The van der Waals surface area contributed by atoms with Gasteiger partial charge in [-0.15, -0.1) is 0 Å². The highest BCUT2D eigenvalue weighted by Crippen LogP contribution is 2.21. The molecule has 20 heavy (non-hydrogen) atoms. The summed E-state index contributed by atoms with van der Waals surface area (Å²) in [5, 5.41) is 4.03. The van der Waals surface area contributed by atoms with Crippen molar-refractivity contribution in [1.82, 2.24) is 15.0 Å². The molecule has 0 bridgehead atoms. The summed E-state index contributed by atoms with van der Waals surface area (Å²) in [6, 6.07) is 0. The zero-order valence-electron chi connectivity index (χ0n) is 12.3. The van der Waals surface area contributed by atoms with E-state index in [0.29, 0.717) is 12.6 Å². The predicted molar refractivity (Wildman–Crippen MR) is 82.7 cm³/mol. The van der Waals surface area contributed by atoms with E-state index in [1.54, 1.807) is 18.9 Å². The summed E-state index contributed by atoms with van der Waals surface area (Å²) in [5.41, 5.74) is 0. The van der Waals surface area contributed by atoms with Crippen molar-refractivity contribution in [3.8, 4) is 0 Å². The third kappa shape index (κ3) is 4.49. The zero-order valence-corrected chi connectivity index (χ0v) is 13.1. The quantitative estimate of drug-likeness (QED) is 0.582. The smallest absolute Gasteiger partial charge is 0.231 e. The van der Waals surface area contributed by atoms with Crippen molar-refractivity contribution in [2.24, 2.45) is 0 Å². The van der Waals surface area contributed by atoms with Crippen molar-refractivity contribution < 1.29 is 4.74 Å². The Kier molecular flexibility index (Phi) is 6.32. The third-order valence-electron chi connectivity index (χ3n) is 3.04. The maximum absolute atomic E-state index is 5.07. The van der Waals surface area contributed by atoms with Gasteiger partial charge in [0.25, 0.3) is 0 Å². The van der Waals surface area contributed by atoms with Gasteiger partial charge in [0.15, 0.2) is 5.16 Å². The molecule has 1 aliphatic rings. The molecule has 0 aromatic carbocycles. The summed E-state index contributed by atoms with van der Waals surface area (Å²) in [4.78, 5) is 15.8. The van der Waals surface area contributed by atoms with Crippen molar-refractivity contribution in [3.63, 3.8) is 0 Å². The van der Waals surface area contributed by atoms with Crippen molar-refractivity contribution >= 4 is 23.7 Å². The molecule has 1 aliphatic heterocycles. The number of anilines is 2. The van der Waals surface area contributed by atoms with E-state index in [9.17, 15) is 0 Å². The van der Waals surface area contributed by atoms with E-state index in [2.05, 4.69) is 32.1 Å². The number of ether oxygens (including phenoxy) is 1. The SMILES string of the molecule is CCCNc1nc(SCCOC)nc(N2CCCC2)n1. The van der Waals surface area contributed by atoms with Gasteiger partial charge in [0.2, 0.25) is 11.9 Å². The Bertz CT molecular complexity index is 412. The molecule has 1 aromatic heterocycles. The Morgan fingerprint density at radius 2 is 2.05 bits per heavy atom. The van der Waals surface area contributed by atoms with E-state index in [1.807, 2.05) is 0 Å². The molecule has 0 amide bonds. The summed E-state index contributed by atoms with van der Waals surface area (Å²) in [6.07, 6.45) is 3.49. The molecule has 1 fully saturated rings. The fourth-order valence-corrected chi connectivity index (χ4v) is 2.73. The van der Waals surface area contributed by atoms with Crippen LogP contribution in [0.25, 0.3) is 0 Å². The van der Waals surface area contributed by atoms with Crippen LogP contribution in [0.4, 0.5) is 11.9 Å². The average Bonchev–Trinajstić information content (AvgIpc) is 2.99. The molecule has 2 rings (SSSR count). The lowest BCUT2D eigenvalue weighted by atomic mass is 10.4. The van der Waals surface area contributed by atoms with Crippen LogP contribution in [0.2, 0.25) is 0 Å². The van der Waals surface area contributed by atoms with Gasteiger partial charge in [0.05, 0.1) is 6.61 Å². The number of hydrogen-bond acceptors (Lipinski definition) is 7. The Labute approximate surface area is 124 Å². The molecule has 0 unspecified atom stereocenters. The van der Waals surface area contributed by atoms with Gasteiger partial charge in [0.1, 0.15) is 0 Å². The van der Waals surface area contributed by atoms with Crippen molar-refractivity contribution in [2.45, 2.75) is 31.3 Å². The van der Waals surface area contributed by atoms with Crippen LogP contribution in [0.3, 0.4) is 0 Å². The van der Waals surface area contributed by atoms with Gasteiger partial charge in [-0.2, -0.15) is 15.0 Å². The highest BCUT2D eigenvalue weighted by molar-refractivity contribution is 7.99. The molecule has 0 spiro atoms. The van der Waals surface area contributed by atoms with Gasteiger partial charge >= 0.3 is 0 Å². The topological polar surface area (TPSA) is 63.2 Å². The lowest BCUT2D eigenvalue weighted by Crippen LogP contribution is -2.22. The molecule has 1 aromatic rings. The van der Waals surface area contributed by atoms with Crippen LogP contribution < -0.4 is 10.2 Å². The van der Waals surface area contributed by atoms with Crippen molar-refractivity contribution in [1.29, 1.82) is 0 Å². The van der Waals surface area contributed by atoms with Crippen LogP contribution >= 0.6 is 11.8 Å². The molecular formula is C13H23N5OS. The van der Waals surface area contributed by atoms with Gasteiger partial charge in [-0.1, -0.05) is 18.7 Å². The molecule has 7 heteroatoms. The summed E-state index contributed by atoms with van der Waals surface area (Å²) in [5.74, 6) is 2.34. The maximum Gasteiger partial charge on any atom is 0.231 e. The van der Waals surface area contributed by atoms with E-state index in [4.69, 9.17) is 4.74 Å². The summed E-state index contributed by atoms with van der Waals surface area (Å²) < 4.78 is 5.07. The largest absolute Gasteiger partial charge is 0.384 e. The monoisotopic (exact) mass is 297 g/mol. The number of thioether (sulfide) groups is 1. The normalized spacial score (nSPS) is 14.8. The zero-order chi connectivity index (χ0) is 14.2. The molecule has 112 valence electrons. The molecule has 6 nitrogen and oxygen atoms in total. The number of methoxy groups -OCH3 is 1. The highest BCUT2D eigenvalue weighted by atomic mass is 32.2. The first-order valence-electron chi connectivity index (χ1n) is 7.20. The lowest BCUT2D eigenvalue weighted by molar-refractivity contribution is 0.218. The van der Waals surface area contributed by atoms with Crippen LogP contribution in [0, 0.1) is 0 Å². The Hall–Kier alpha value is -1.08. The standard InChI is InChI=1S/C13H23N5OS/c1-3-6-14-11-15-12(18-7-4-5-8-18)17-13(16-11)20-10-9-19-2/h3-10H2,1-2H3,(H,14,15,16,17). The van der Waals surface area contributed by atoms with Crippen LogP contribution in [-0.2, 0) is 4.74 Å². The van der Waals surface area contributed by atoms with E-state index in [1.165, 1.54) is 12.8 Å². The number of nitrogens with zero attached hydrogens (tertiary/aromatic N) is 4. The second-order valence-corrected chi connectivity index (χ2v) is 5.77. The lowest BCUT2D eigenvalue weighted by Gasteiger charge is -2.16. The Morgan fingerprint density at radius 3 is 2.75 bits per heavy atom. The molecular weight excluding hydrogens is 274 g/mol. The maximum atomic E-state index is 5.07. The molecule has 0 aliphatic carbocycles. The second-order valence-electron chi connectivity index (χ2n) is 4.70. The molecule has 1 N–H and O–H groups in total. The van der Waals surface area contributed by atoms with Crippen LogP contribution in [0.15, 0.2) is 5.16 Å². The fraction of sp³-hybridized carbons (Fsp3) is 0.769. The predicted octanol–water partition coefficient (Wildman–Crippen LogP) is 2.03. The van der Waals surface area contributed by atoms with E-state index in [-0.39, 0.29) is 0 Å². The number of hydrogen-bond donors (Lipinski definition) is 1. The Balaban J connectivity index is 2.09. The number of nitrogens with one attached hydrogen (secondary N) is 1. The van der Waals surface area contributed by atoms with E-state index in [0.717, 1.165) is 42.9 Å². The molecule has 0 radical (unpaired) electrons. The second kappa shape index (κ2) is 8.26. The van der Waals surface area contributed by atoms with Gasteiger partial charge in [-0.25, -0.2) is 0 Å². The van der Waals surface area contributed by atoms with Gasteiger partial charge in [0, 0.05) is 32.5 Å². The molecule has 0 saturated carbocycles. The number of aromatic nitrogens is 3. The van der Waals surface area contributed by atoms with Crippen LogP contribution in [0.5, 0.6) is 0 Å². The van der Waals surface area contributed by atoms with E-state index < -0.39 is 0 Å². The van der Waals surface area contributed by atoms with Gasteiger partial charge < -0.3 is 15.0 Å². The Morgan fingerprint density at radius 1 is 1.25 bits per heavy atom. The summed E-state index contributed by atoms with van der Waals surface area (Å²) in [7, 11) is 1.71. The van der Waals surface area contributed by atoms with Crippen LogP contribution in [0.1, 0.15) is 26.2 Å². The fourth-order valence-electron chi connectivity index (χ4n) is 2.00. The van der Waals surface area contributed by atoms with Gasteiger partial charge in [-0.05, 0) is 19.3 Å². The number of rotatable bonds is 8. The minimum absolute atomic E-state index is 0.684. The highest BCUT2D eigenvalue weighted by Gasteiger charge is 2.17. The van der Waals surface area contributed by atoms with Crippen LogP contribution in [-0.4, -0.2) is 54.1 Å². The van der Waals surface area contributed by atoms with E-state index >= 15 is 0 Å². The summed E-state index contributed by atoms with van der Waals surface area (Å²) in [6.45, 7) is 5.79. The first-order chi connectivity index (χ1) is 9.83. The third-order valence-corrected chi connectivity index (χ3v) is 3.86. The van der Waals surface area contributed by atoms with Crippen molar-refractivity contribution in [3.05, 3.63) is 0 Å². The summed E-state index contributed by atoms with van der Waals surface area (Å²) >= 11 is 1.61.